The number of aromatic amines is 1. The van der Waals surface area contributed by atoms with Crippen molar-refractivity contribution in [1.29, 1.82) is 0 Å². The quantitative estimate of drug-likeness (QED) is 0.615. The second-order valence-electron chi connectivity index (χ2n) is 3.22. The maximum atomic E-state index is 11.0. The molecule has 0 aliphatic heterocycles. The van der Waals surface area contributed by atoms with Crippen LogP contribution in [0.15, 0.2) is 47.4 Å². The molecule has 1 heterocycles. The minimum absolute atomic E-state index is 0.185. The summed E-state index contributed by atoms with van der Waals surface area (Å²) < 4.78 is 0. The molecule has 0 fully saturated rings. The number of nitrogens with zero attached hydrogens (tertiary/aromatic N) is 1. The molecule has 5 nitrogen and oxygen atoms in total. The molecule has 1 N–H and O–H groups in total. The zero-order chi connectivity index (χ0) is 11.5. The number of hydrogen-bond acceptors (Lipinski definition) is 3. The lowest BCUT2D eigenvalue weighted by Crippen LogP contribution is -2.06. The minimum Gasteiger partial charge on any atom is -0.328 e. The summed E-state index contributed by atoms with van der Waals surface area (Å²) in [5.41, 5.74) is 0.442. The topological polar surface area (TPSA) is 76.0 Å². The smallest absolute Gasteiger partial charge is 0.284 e. The van der Waals surface area contributed by atoms with E-state index in [-0.39, 0.29) is 5.69 Å². The summed E-state index contributed by atoms with van der Waals surface area (Å²) in [6, 6.07) is 9.87. The van der Waals surface area contributed by atoms with Crippen molar-refractivity contribution in [3.63, 3.8) is 0 Å². The zero-order valence-electron chi connectivity index (χ0n) is 8.21. The maximum absolute atomic E-state index is 11.0. The lowest BCUT2D eigenvalue weighted by molar-refractivity contribution is -0.384. The van der Waals surface area contributed by atoms with E-state index >= 15 is 0 Å². The van der Waals surface area contributed by atoms with Crippen LogP contribution in [0.2, 0.25) is 0 Å². The highest BCUT2D eigenvalue weighted by Gasteiger charge is 2.15. The molecule has 80 valence electrons. The Balaban J connectivity index is 2.66. The van der Waals surface area contributed by atoms with Gasteiger partial charge in [-0.05, 0) is 5.56 Å². The first-order valence-electron chi connectivity index (χ1n) is 4.61. The number of aromatic nitrogens is 1. The minimum atomic E-state index is -0.558. The van der Waals surface area contributed by atoms with Crippen LogP contribution in [0.5, 0.6) is 0 Å². The Bertz CT molecular complexity index is 575. The van der Waals surface area contributed by atoms with E-state index in [0.717, 1.165) is 6.07 Å². The van der Waals surface area contributed by atoms with Crippen LogP contribution in [0.1, 0.15) is 0 Å². The fraction of sp³-hybridized carbons (Fsp3) is 0. The van der Waals surface area contributed by atoms with Crippen LogP contribution in [-0.2, 0) is 0 Å². The second kappa shape index (κ2) is 3.98. The van der Waals surface area contributed by atoms with E-state index in [0.29, 0.717) is 11.1 Å². The van der Waals surface area contributed by atoms with Crippen LogP contribution < -0.4 is 5.56 Å². The van der Waals surface area contributed by atoms with Crippen LogP contribution in [0.4, 0.5) is 5.69 Å². The highest BCUT2D eigenvalue weighted by molar-refractivity contribution is 5.72. The van der Waals surface area contributed by atoms with Gasteiger partial charge in [0.15, 0.2) is 0 Å². The van der Waals surface area contributed by atoms with Crippen molar-refractivity contribution in [2.45, 2.75) is 0 Å². The third-order valence-corrected chi connectivity index (χ3v) is 2.18. The summed E-state index contributed by atoms with van der Waals surface area (Å²) in [5.74, 6) is 0. The molecular formula is C11H8N2O3. The van der Waals surface area contributed by atoms with Crippen molar-refractivity contribution in [3.05, 3.63) is 63.1 Å². The maximum Gasteiger partial charge on any atom is 0.284 e. The van der Waals surface area contributed by atoms with Crippen LogP contribution in [0.25, 0.3) is 11.1 Å². The Kier molecular flexibility index (Phi) is 2.51. The van der Waals surface area contributed by atoms with Gasteiger partial charge in [0.25, 0.3) is 11.2 Å². The second-order valence-corrected chi connectivity index (χ2v) is 3.22. The fourth-order valence-electron chi connectivity index (χ4n) is 1.46. The van der Waals surface area contributed by atoms with Crippen molar-refractivity contribution in [3.8, 4) is 11.1 Å². The van der Waals surface area contributed by atoms with Crippen molar-refractivity contribution < 1.29 is 4.92 Å². The highest BCUT2D eigenvalue weighted by Crippen LogP contribution is 2.26. The van der Waals surface area contributed by atoms with E-state index in [9.17, 15) is 14.9 Å². The molecule has 2 aromatic rings. The van der Waals surface area contributed by atoms with E-state index < -0.39 is 10.5 Å². The standard InChI is InChI=1S/C11H8N2O3/c14-11-6-10(13(15)16)9(7-12-11)8-4-2-1-3-5-8/h1-7H,(H,12,14). The predicted octanol–water partition coefficient (Wildman–Crippen LogP) is 1.95. The molecule has 0 aliphatic carbocycles. The number of H-pyrrole nitrogens is 1. The van der Waals surface area contributed by atoms with Crippen LogP contribution in [-0.4, -0.2) is 9.91 Å². The van der Waals surface area contributed by atoms with Gasteiger partial charge in [-0.1, -0.05) is 30.3 Å². The van der Waals surface area contributed by atoms with Crippen molar-refractivity contribution >= 4 is 5.69 Å². The molecule has 5 heteroatoms. The highest BCUT2D eigenvalue weighted by atomic mass is 16.6. The first-order valence-corrected chi connectivity index (χ1v) is 4.61. The van der Waals surface area contributed by atoms with Gasteiger partial charge in [0.05, 0.1) is 16.6 Å². The first kappa shape index (κ1) is 10.1. The third-order valence-electron chi connectivity index (χ3n) is 2.18. The van der Waals surface area contributed by atoms with Gasteiger partial charge in [0, 0.05) is 6.20 Å². The summed E-state index contributed by atoms with van der Waals surface area (Å²) >= 11 is 0. The Hall–Kier alpha value is -2.43. The van der Waals surface area contributed by atoms with Crippen molar-refractivity contribution in [1.82, 2.24) is 4.98 Å². The molecule has 16 heavy (non-hydrogen) atoms. The van der Waals surface area contributed by atoms with Gasteiger partial charge in [-0.25, -0.2) is 0 Å². The molecule has 0 bridgehead atoms. The molecule has 0 spiro atoms. The number of nitro groups is 1. The Morgan fingerprint density at radius 2 is 1.88 bits per heavy atom. The molecule has 0 unspecified atom stereocenters. The molecule has 1 aromatic carbocycles. The van der Waals surface area contributed by atoms with Crippen LogP contribution in [0.3, 0.4) is 0 Å². The normalized spacial score (nSPS) is 10.0. The van der Waals surface area contributed by atoms with Crippen LogP contribution in [0, 0.1) is 10.1 Å². The molecule has 0 atom stereocenters. The molecule has 0 radical (unpaired) electrons. The average molecular weight is 216 g/mol. The molecule has 0 saturated carbocycles. The summed E-state index contributed by atoms with van der Waals surface area (Å²) in [6.45, 7) is 0. The number of hydrogen-bond donors (Lipinski definition) is 1. The molecule has 0 aliphatic rings. The first-order chi connectivity index (χ1) is 7.68. The largest absolute Gasteiger partial charge is 0.328 e. The Morgan fingerprint density at radius 1 is 1.19 bits per heavy atom. The van der Waals surface area contributed by atoms with Crippen molar-refractivity contribution in [2.75, 3.05) is 0 Å². The molecule has 0 saturated heterocycles. The van der Waals surface area contributed by atoms with E-state index in [1.165, 1.54) is 6.20 Å². The Morgan fingerprint density at radius 3 is 2.50 bits per heavy atom. The monoisotopic (exact) mass is 216 g/mol. The van der Waals surface area contributed by atoms with Gasteiger partial charge >= 0.3 is 0 Å². The van der Waals surface area contributed by atoms with E-state index in [2.05, 4.69) is 4.98 Å². The lowest BCUT2D eigenvalue weighted by atomic mass is 10.1. The van der Waals surface area contributed by atoms with Gasteiger partial charge in [0.1, 0.15) is 0 Å². The van der Waals surface area contributed by atoms with E-state index in [1.54, 1.807) is 24.3 Å². The van der Waals surface area contributed by atoms with Gasteiger partial charge < -0.3 is 4.98 Å². The predicted molar refractivity (Wildman–Crippen MR) is 59.2 cm³/mol. The molecule has 1 aromatic heterocycles. The van der Waals surface area contributed by atoms with E-state index in [1.807, 2.05) is 6.07 Å². The number of benzene rings is 1. The van der Waals surface area contributed by atoms with Gasteiger partial charge in [0.2, 0.25) is 0 Å². The summed E-state index contributed by atoms with van der Waals surface area (Å²) in [7, 11) is 0. The van der Waals surface area contributed by atoms with Gasteiger partial charge in [-0.3, -0.25) is 14.9 Å². The summed E-state index contributed by atoms with van der Waals surface area (Å²) in [5, 5.41) is 10.8. The van der Waals surface area contributed by atoms with Crippen LogP contribution >= 0.6 is 0 Å². The average Bonchev–Trinajstić information content (AvgIpc) is 2.30. The van der Waals surface area contributed by atoms with Crippen molar-refractivity contribution in [2.24, 2.45) is 0 Å². The van der Waals surface area contributed by atoms with Gasteiger partial charge in [-0.15, -0.1) is 0 Å². The third kappa shape index (κ3) is 1.83. The summed E-state index contributed by atoms with van der Waals surface area (Å²) in [4.78, 5) is 23.7. The van der Waals surface area contributed by atoms with E-state index in [4.69, 9.17) is 0 Å². The zero-order valence-corrected chi connectivity index (χ0v) is 8.21. The number of pyridine rings is 1. The summed E-state index contributed by atoms with van der Waals surface area (Å²) in [6.07, 6.45) is 1.36. The molecule has 0 amide bonds. The molecular weight excluding hydrogens is 208 g/mol. The fourth-order valence-corrected chi connectivity index (χ4v) is 1.46. The Labute approximate surface area is 90.5 Å². The number of rotatable bonds is 2. The van der Waals surface area contributed by atoms with Gasteiger partial charge in [-0.2, -0.15) is 0 Å². The number of nitrogens with one attached hydrogen (secondary N) is 1. The molecule has 2 rings (SSSR count). The SMILES string of the molecule is O=c1cc([N+](=O)[O-])c(-c2ccccc2)c[nH]1. The lowest BCUT2D eigenvalue weighted by Gasteiger charge is -2.01.